The molecule has 5 heteroatoms. The molecule has 4 nitrogen and oxygen atoms in total. The van der Waals surface area contributed by atoms with E-state index < -0.39 is 10.0 Å². The molecule has 106 valence electrons. The molecule has 18 heavy (non-hydrogen) atoms. The van der Waals surface area contributed by atoms with Crippen molar-refractivity contribution in [3.63, 3.8) is 0 Å². The molecule has 0 unspecified atom stereocenters. The van der Waals surface area contributed by atoms with E-state index in [4.69, 9.17) is 5.73 Å². The van der Waals surface area contributed by atoms with Crippen molar-refractivity contribution in [1.82, 2.24) is 4.31 Å². The molecule has 1 aliphatic carbocycles. The van der Waals surface area contributed by atoms with E-state index in [1.54, 1.807) is 4.31 Å². The molecule has 1 saturated carbocycles. The molecule has 0 bridgehead atoms. The van der Waals surface area contributed by atoms with Crippen molar-refractivity contribution in [2.75, 3.05) is 18.8 Å². The van der Waals surface area contributed by atoms with Gasteiger partial charge in [0.15, 0.2) is 0 Å². The maximum absolute atomic E-state index is 12.0. The van der Waals surface area contributed by atoms with Crippen molar-refractivity contribution in [2.45, 2.75) is 52.0 Å². The number of rotatable bonds is 2. The Labute approximate surface area is 111 Å². The van der Waals surface area contributed by atoms with E-state index in [1.165, 1.54) is 0 Å². The molecule has 0 aromatic carbocycles. The maximum atomic E-state index is 12.0. The first kappa shape index (κ1) is 14.3. The van der Waals surface area contributed by atoms with Gasteiger partial charge in [-0.15, -0.1) is 0 Å². The van der Waals surface area contributed by atoms with E-state index in [1.807, 2.05) is 0 Å². The van der Waals surface area contributed by atoms with Crippen LogP contribution in [0.15, 0.2) is 0 Å². The van der Waals surface area contributed by atoms with Crippen LogP contribution in [0.3, 0.4) is 0 Å². The predicted octanol–water partition coefficient (Wildman–Crippen LogP) is 1.57. The Morgan fingerprint density at radius 2 is 1.94 bits per heavy atom. The fourth-order valence-corrected chi connectivity index (χ4v) is 4.88. The highest BCUT2D eigenvalue weighted by Crippen LogP contribution is 2.49. The standard InChI is InChI=1S/C13H26N2O2S/c1-12(2)11(6-7-13(12,3)14)10-15-8-4-5-9-18(15,16)17/h11H,4-10,14H2,1-3H3/t11-,13-/m0/s1. The van der Waals surface area contributed by atoms with E-state index in [-0.39, 0.29) is 11.0 Å². The first-order valence-electron chi connectivity index (χ1n) is 6.93. The summed E-state index contributed by atoms with van der Waals surface area (Å²) in [6.07, 6.45) is 3.82. The van der Waals surface area contributed by atoms with Crippen LogP contribution in [-0.4, -0.2) is 37.1 Å². The minimum absolute atomic E-state index is 0.0000326. The Balaban J connectivity index is 2.11. The summed E-state index contributed by atoms with van der Waals surface area (Å²) in [5.41, 5.74) is 6.17. The largest absolute Gasteiger partial charge is 0.325 e. The number of nitrogens with two attached hydrogens (primary N) is 1. The third kappa shape index (κ3) is 2.32. The van der Waals surface area contributed by atoms with E-state index in [2.05, 4.69) is 20.8 Å². The molecule has 1 heterocycles. The van der Waals surface area contributed by atoms with Gasteiger partial charge in [-0.3, -0.25) is 0 Å². The van der Waals surface area contributed by atoms with Gasteiger partial charge in [-0.2, -0.15) is 0 Å². The van der Waals surface area contributed by atoms with Gasteiger partial charge in [-0.25, -0.2) is 12.7 Å². The van der Waals surface area contributed by atoms with Crippen molar-refractivity contribution in [2.24, 2.45) is 17.1 Å². The zero-order valence-electron chi connectivity index (χ0n) is 11.8. The summed E-state index contributed by atoms with van der Waals surface area (Å²) in [7, 11) is -3.01. The maximum Gasteiger partial charge on any atom is 0.214 e. The SMILES string of the molecule is CC1(C)[C@H](CN2CCCCS2(=O)=O)CC[C@]1(C)N. The first-order chi connectivity index (χ1) is 8.17. The topological polar surface area (TPSA) is 63.4 Å². The Hall–Kier alpha value is -0.130. The molecule has 2 aliphatic rings. The van der Waals surface area contributed by atoms with Gasteiger partial charge in [0, 0.05) is 18.6 Å². The van der Waals surface area contributed by atoms with Crippen LogP contribution in [0.4, 0.5) is 0 Å². The highest BCUT2D eigenvalue weighted by atomic mass is 32.2. The number of sulfonamides is 1. The summed E-state index contributed by atoms with van der Waals surface area (Å²) in [6.45, 7) is 7.80. The molecule has 0 amide bonds. The van der Waals surface area contributed by atoms with Gasteiger partial charge in [0.1, 0.15) is 0 Å². The van der Waals surface area contributed by atoms with Crippen LogP contribution in [0.1, 0.15) is 46.5 Å². The fraction of sp³-hybridized carbons (Fsp3) is 1.00. The van der Waals surface area contributed by atoms with Crippen LogP contribution in [0.25, 0.3) is 0 Å². The van der Waals surface area contributed by atoms with E-state index in [0.29, 0.717) is 24.8 Å². The molecule has 2 N–H and O–H groups in total. The van der Waals surface area contributed by atoms with Crippen molar-refractivity contribution >= 4 is 10.0 Å². The monoisotopic (exact) mass is 274 g/mol. The third-order valence-corrected chi connectivity index (χ3v) is 7.30. The van der Waals surface area contributed by atoms with Gasteiger partial charge >= 0.3 is 0 Å². The molecule has 2 fully saturated rings. The predicted molar refractivity (Wildman–Crippen MR) is 73.7 cm³/mol. The minimum atomic E-state index is -3.01. The summed E-state index contributed by atoms with van der Waals surface area (Å²) in [6, 6.07) is 0. The summed E-state index contributed by atoms with van der Waals surface area (Å²) in [4.78, 5) is 0. The molecule has 0 radical (unpaired) electrons. The molecule has 0 aromatic rings. The zero-order chi connectivity index (χ0) is 13.6. The van der Waals surface area contributed by atoms with Crippen LogP contribution in [0.5, 0.6) is 0 Å². The minimum Gasteiger partial charge on any atom is -0.325 e. The fourth-order valence-electron chi connectivity index (χ4n) is 3.23. The van der Waals surface area contributed by atoms with Gasteiger partial charge in [-0.05, 0) is 43.9 Å². The number of nitrogens with zero attached hydrogens (tertiary/aromatic N) is 1. The molecule has 0 spiro atoms. The summed E-state index contributed by atoms with van der Waals surface area (Å²) in [5.74, 6) is 0.695. The highest BCUT2D eigenvalue weighted by Gasteiger charge is 2.50. The van der Waals surface area contributed by atoms with E-state index in [0.717, 1.165) is 25.7 Å². The van der Waals surface area contributed by atoms with Gasteiger partial charge in [-0.1, -0.05) is 13.8 Å². The van der Waals surface area contributed by atoms with Gasteiger partial charge in [0.05, 0.1) is 5.75 Å². The second kappa shape index (κ2) is 4.46. The van der Waals surface area contributed by atoms with Gasteiger partial charge in [0.25, 0.3) is 0 Å². The summed E-state index contributed by atoms with van der Waals surface area (Å²) in [5, 5.41) is 0. The Kier molecular flexibility index (Phi) is 3.54. The van der Waals surface area contributed by atoms with Crippen molar-refractivity contribution in [1.29, 1.82) is 0 Å². The average molecular weight is 274 g/mol. The number of hydrogen-bond donors (Lipinski definition) is 1. The lowest BCUT2D eigenvalue weighted by Crippen LogP contribution is -2.51. The van der Waals surface area contributed by atoms with Crippen LogP contribution in [0.2, 0.25) is 0 Å². The lowest BCUT2D eigenvalue weighted by molar-refractivity contribution is 0.143. The van der Waals surface area contributed by atoms with Gasteiger partial charge in [0.2, 0.25) is 10.0 Å². The molecule has 2 rings (SSSR count). The quantitative estimate of drug-likeness (QED) is 0.831. The highest BCUT2D eigenvalue weighted by molar-refractivity contribution is 7.89. The normalized spacial score (nSPS) is 39.9. The number of hydrogen-bond acceptors (Lipinski definition) is 3. The molecular weight excluding hydrogens is 248 g/mol. The Bertz CT molecular complexity index is 415. The second-order valence-electron chi connectivity index (χ2n) is 6.76. The van der Waals surface area contributed by atoms with Crippen LogP contribution < -0.4 is 5.73 Å². The summed E-state index contributed by atoms with van der Waals surface area (Å²) < 4.78 is 25.8. The average Bonchev–Trinajstić information content (AvgIpc) is 2.43. The third-order valence-electron chi connectivity index (χ3n) is 5.38. The van der Waals surface area contributed by atoms with Crippen LogP contribution in [0, 0.1) is 11.3 Å². The van der Waals surface area contributed by atoms with Gasteiger partial charge < -0.3 is 5.73 Å². The first-order valence-corrected chi connectivity index (χ1v) is 8.54. The molecule has 2 atom stereocenters. The Morgan fingerprint density at radius 3 is 2.44 bits per heavy atom. The van der Waals surface area contributed by atoms with Crippen molar-refractivity contribution < 1.29 is 8.42 Å². The van der Waals surface area contributed by atoms with Crippen molar-refractivity contribution in [3.8, 4) is 0 Å². The van der Waals surface area contributed by atoms with Crippen molar-refractivity contribution in [3.05, 3.63) is 0 Å². The van der Waals surface area contributed by atoms with Crippen LogP contribution in [-0.2, 0) is 10.0 Å². The molecule has 1 saturated heterocycles. The summed E-state index contributed by atoms with van der Waals surface area (Å²) >= 11 is 0. The lowest BCUT2D eigenvalue weighted by Gasteiger charge is -2.41. The Morgan fingerprint density at radius 1 is 1.28 bits per heavy atom. The smallest absolute Gasteiger partial charge is 0.214 e. The molecule has 0 aromatic heterocycles. The van der Waals surface area contributed by atoms with E-state index >= 15 is 0 Å². The lowest BCUT2D eigenvalue weighted by atomic mass is 9.72. The van der Waals surface area contributed by atoms with Crippen LogP contribution >= 0.6 is 0 Å². The molecular formula is C13H26N2O2S. The second-order valence-corrected chi connectivity index (χ2v) is 8.84. The zero-order valence-corrected chi connectivity index (χ0v) is 12.6. The van der Waals surface area contributed by atoms with E-state index in [9.17, 15) is 8.42 Å². The molecule has 1 aliphatic heterocycles.